The third-order valence-electron chi connectivity index (χ3n) is 4.04. The molecule has 21 heavy (non-hydrogen) atoms. The Labute approximate surface area is 127 Å². The van der Waals surface area contributed by atoms with Crippen molar-refractivity contribution >= 4 is 32.3 Å². The average Bonchev–Trinajstić information content (AvgIpc) is 2.97. The fourth-order valence-corrected chi connectivity index (χ4v) is 3.88. The third-order valence-corrected chi connectivity index (χ3v) is 4.95. The Morgan fingerprint density at radius 3 is 2.81 bits per heavy atom. The van der Waals surface area contributed by atoms with Gasteiger partial charge in [-0.1, -0.05) is 30.3 Å². The molecule has 0 radical (unpaired) electrons. The first-order valence-electron chi connectivity index (χ1n) is 6.96. The molecular weight excluding hydrogens is 276 g/mol. The Balaban J connectivity index is 2.11. The number of fused-ring (bicyclic) bond motifs is 2. The summed E-state index contributed by atoms with van der Waals surface area (Å²) >= 11 is 1.75. The van der Waals surface area contributed by atoms with Gasteiger partial charge in [0.2, 0.25) is 0 Å². The summed E-state index contributed by atoms with van der Waals surface area (Å²) < 4.78 is 3.37. The number of aromatic nitrogens is 2. The topological polar surface area (TPSA) is 16.8 Å². The Bertz CT molecular complexity index is 969. The maximum Gasteiger partial charge on any atom is 0.287 e. The Hall–Kier alpha value is -2.26. The predicted molar refractivity (Wildman–Crippen MR) is 88.5 cm³/mol. The maximum absolute atomic E-state index is 4.49. The van der Waals surface area contributed by atoms with Crippen molar-refractivity contribution in [2.75, 3.05) is 0 Å². The molecule has 102 valence electrons. The normalized spacial score (nSPS) is 11.3. The van der Waals surface area contributed by atoms with Crippen LogP contribution in [0.1, 0.15) is 5.56 Å². The molecule has 0 amide bonds. The number of hydrogen-bond acceptors (Lipinski definition) is 2. The molecule has 0 aliphatic carbocycles. The largest absolute Gasteiger partial charge is 0.287 e. The van der Waals surface area contributed by atoms with Gasteiger partial charge in [-0.05, 0) is 39.7 Å². The van der Waals surface area contributed by atoms with Gasteiger partial charge in [-0.15, -0.1) is 11.3 Å². The first kappa shape index (κ1) is 12.5. The van der Waals surface area contributed by atoms with Crippen molar-refractivity contribution in [2.24, 2.45) is 7.05 Å². The lowest BCUT2D eigenvalue weighted by Gasteiger charge is -2.10. The van der Waals surface area contributed by atoms with E-state index in [2.05, 4.69) is 71.4 Å². The van der Waals surface area contributed by atoms with Crippen molar-refractivity contribution in [3.05, 3.63) is 59.7 Å². The molecule has 2 aromatic heterocycles. The summed E-state index contributed by atoms with van der Waals surface area (Å²) in [5.74, 6) is 0. The van der Waals surface area contributed by atoms with Crippen LogP contribution < -0.4 is 4.57 Å². The van der Waals surface area contributed by atoms with E-state index in [9.17, 15) is 0 Å². The summed E-state index contributed by atoms with van der Waals surface area (Å²) in [6.07, 6.45) is 1.90. The fraction of sp³-hybridized carbons (Fsp3) is 0.111. The molecule has 2 heterocycles. The van der Waals surface area contributed by atoms with Crippen LogP contribution in [0.2, 0.25) is 0 Å². The van der Waals surface area contributed by atoms with Crippen LogP contribution >= 0.6 is 11.3 Å². The van der Waals surface area contributed by atoms with E-state index in [1.165, 1.54) is 32.3 Å². The van der Waals surface area contributed by atoms with Crippen LogP contribution in [0.3, 0.4) is 0 Å². The molecule has 3 heteroatoms. The maximum atomic E-state index is 4.49. The van der Waals surface area contributed by atoms with E-state index in [4.69, 9.17) is 0 Å². The first-order chi connectivity index (χ1) is 10.3. The highest BCUT2D eigenvalue weighted by Crippen LogP contribution is 2.33. The van der Waals surface area contributed by atoms with Crippen LogP contribution in [0.4, 0.5) is 0 Å². The van der Waals surface area contributed by atoms with Crippen LogP contribution in [0.15, 0.2) is 54.2 Å². The lowest BCUT2D eigenvalue weighted by Crippen LogP contribution is -2.31. The first-order valence-corrected chi connectivity index (χ1v) is 7.84. The van der Waals surface area contributed by atoms with Crippen molar-refractivity contribution in [3.8, 4) is 11.3 Å². The van der Waals surface area contributed by atoms with E-state index >= 15 is 0 Å². The van der Waals surface area contributed by atoms with Crippen molar-refractivity contribution < 1.29 is 4.57 Å². The minimum absolute atomic E-state index is 1.07. The van der Waals surface area contributed by atoms with E-state index in [1.54, 1.807) is 11.3 Å². The van der Waals surface area contributed by atoms with E-state index in [-0.39, 0.29) is 0 Å². The number of hydrogen-bond donors (Lipinski definition) is 0. The molecule has 0 unspecified atom stereocenters. The summed E-state index contributed by atoms with van der Waals surface area (Å²) in [5, 5.41) is 4.71. The standard InChI is InChI=1S/C18H15N2S/c1-12-14-6-4-3-5-13(14)7-8-15(12)17-18-16(9-10-21-18)19-11-20(17)2/h3-11H,1-2H3/q+1. The van der Waals surface area contributed by atoms with Gasteiger partial charge >= 0.3 is 0 Å². The van der Waals surface area contributed by atoms with Gasteiger partial charge in [0.25, 0.3) is 6.33 Å². The van der Waals surface area contributed by atoms with Crippen LogP contribution in [0.25, 0.3) is 32.2 Å². The minimum Gasteiger partial charge on any atom is -0.231 e. The van der Waals surface area contributed by atoms with E-state index in [0.717, 1.165) is 5.52 Å². The number of thiophene rings is 1. The second-order valence-electron chi connectivity index (χ2n) is 5.30. The predicted octanol–water partition coefficient (Wildman–Crippen LogP) is 4.25. The molecular formula is C18H15N2S+. The molecule has 4 rings (SSSR count). The molecule has 0 atom stereocenters. The molecule has 0 spiro atoms. The Morgan fingerprint density at radius 2 is 1.90 bits per heavy atom. The summed E-state index contributed by atoms with van der Waals surface area (Å²) in [5.41, 5.74) is 4.93. The van der Waals surface area contributed by atoms with Crippen molar-refractivity contribution in [3.63, 3.8) is 0 Å². The monoisotopic (exact) mass is 291 g/mol. The molecule has 0 N–H and O–H groups in total. The zero-order valence-corrected chi connectivity index (χ0v) is 12.8. The lowest BCUT2D eigenvalue weighted by atomic mass is 9.97. The molecule has 0 saturated heterocycles. The van der Waals surface area contributed by atoms with Crippen LogP contribution in [0.5, 0.6) is 0 Å². The number of aryl methyl sites for hydroxylation is 2. The zero-order valence-electron chi connectivity index (χ0n) is 12.0. The molecule has 0 fully saturated rings. The number of rotatable bonds is 1. The van der Waals surface area contributed by atoms with Crippen molar-refractivity contribution in [1.29, 1.82) is 0 Å². The van der Waals surface area contributed by atoms with Crippen molar-refractivity contribution in [2.45, 2.75) is 6.92 Å². The summed E-state index contributed by atoms with van der Waals surface area (Å²) in [6, 6.07) is 15.1. The summed E-state index contributed by atoms with van der Waals surface area (Å²) in [4.78, 5) is 4.49. The van der Waals surface area contributed by atoms with Gasteiger partial charge in [0.15, 0.2) is 11.2 Å². The summed E-state index contributed by atoms with van der Waals surface area (Å²) in [7, 11) is 2.07. The Morgan fingerprint density at radius 1 is 1.05 bits per heavy atom. The number of nitrogens with zero attached hydrogens (tertiary/aromatic N) is 2. The molecule has 0 saturated carbocycles. The average molecular weight is 291 g/mol. The molecule has 0 aliphatic rings. The minimum atomic E-state index is 1.07. The van der Waals surface area contributed by atoms with Gasteiger partial charge < -0.3 is 0 Å². The van der Waals surface area contributed by atoms with Gasteiger partial charge in [-0.25, -0.2) is 4.57 Å². The fourth-order valence-electron chi connectivity index (χ4n) is 2.94. The second kappa shape index (κ2) is 4.64. The molecule has 4 aromatic rings. The zero-order chi connectivity index (χ0) is 14.4. The SMILES string of the molecule is Cc1c(-c2c3sccc3nc[n+]2C)ccc2ccccc12. The smallest absolute Gasteiger partial charge is 0.231 e. The van der Waals surface area contributed by atoms with Crippen LogP contribution in [-0.4, -0.2) is 4.98 Å². The molecule has 2 aromatic carbocycles. The van der Waals surface area contributed by atoms with Gasteiger partial charge in [-0.2, -0.15) is 0 Å². The lowest BCUT2D eigenvalue weighted by molar-refractivity contribution is -0.662. The van der Waals surface area contributed by atoms with Crippen LogP contribution in [0, 0.1) is 6.92 Å². The van der Waals surface area contributed by atoms with Gasteiger partial charge in [0, 0.05) is 11.6 Å². The Kier molecular flexibility index (Phi) is 2.76. The molecule has 0 bridgehead atoms. The quantitative estimate of drug-likeness (QED) is 0.479. The third kappa shape index (κ3) is 1.85. The van der Waals surface area contributed by atoms with Gasteiger partial charge in [0.1, 0.15) is 4.70 Å². The molecule has 0 aliphatic heterocycles. The highest BCUT2D eigenvalue weighted by Gasteiger charge is 2.18. The second-order valence-corrected chi connectivity index (χ2v) is 6.21. The molecule has 2 nitrogen and oxygen atoms in total. The van der Waals surface area contributed by atoms with Gasteiger partial charge in [0.05, 0.1) is 7.05 Å². The van der Waals surface area contributed by atoms with E-state index in [0.29, 0.717) is 0 Å². The van der Waals surface area contributed by atoms with E-state index in [1.807, 2.05) is 6.33 Å². The van der Waals surface area contributed by atoms with Crippen molar-refractivity contribution in [1.82, 2.24) is 4.98 Å². The number of benzene rings is 2. The van der Waals surface area contributed by atoms with E-state index < -0.39 is 0 Å². The summed E-state index contributed by atoms with van der Waals surface area (Å²) in [6.45, 7) is 2.21. The highest BCUT2D eigenvalue weighted by molar-refractivity contribution is 7.17. The van der Waals surface area contributed by atoms with Crippen LogP contribution in [-0.2, 0) is 7.05 Å². The van der Waals surface area contributed by atoms with Gasteiger partial charge in [-0.3, -0.25) is 0 Å². The highest BCUT2D eigenvalue weighted by atomic mass is 32.1.